The second-order valence-corrected chi connectivity index (χ2v) is 7.40. The number of aromatic carboxylic acids is 1. The number of amides is 1. The summed E-state index contributed by atoms with van der Waals surface area (Å²) in [5, 5.41) is 12.6. The number of carbonyl (C=O) groups excluding carboxylic acids is 1. The van der Waals surface area contributed by atoms with Crippen molar-refractivity contribution in [2.24, 2.45) is 0 Å². The van der Waals surface area contributed by atoms with Gasteiger partial charge in [0.2, 0.25) is 5.91 Å². The van der Waals surface area contributed by atoms with Crippen molar-refractivity contribution in [3.8, 4) is 0 Å². The predicted molar refractivity (Wildman–Crippen MR) is 120 cm³/mol. The lowest BCUT2D eigenvalue weighted by atomic mass is 10.1. The third kappa shape index (κ3) is 6.34. The smallest absolute Gasteiger partial charge is 0.339 e. The van der Waals surface area contributed by atoms with Crippen LogP contribution in [0.5, 0.6) is 0 Å². The number of hydrogen-bond donors (Lipinski definition) is 2. The molecule has 2 N–H and O–H groups in total. The number of halogens is 1. The normalized spacial score (nSPS) is 10.6. The van der Waals surface area contributed by atoms with Crippen LogP contribution in [0, 0.1) is 5.82 Å². The predicted octanol–water partition coefficient (Wildman–Crippen LogP) is 4.65. The van der Waals surface area contributed by atoms with Crippen molar-refractivity contribution >= 4 is 23.4 Å². The Hall–Kier alpha value is -3.81. The first-order valence-corrected chi connectivity index (χ1v) is 10.4. The van der Waals surface area contributed by atoms with E-state index in [4.69, 9.17) is 0 Å². The fraction of sp³-hybridized carbons (Fsp3) is 0.250. The molecule has 3 aromatic rings. The van der Waals surface area contributed by atoms with Crippen LogP contribution in [0.1, 0.15) is 47.7 Å². The third-order valence-electron chi connectivity index (χ3n) is 4.82. The highest BCUT2D eigenvalue weighted by atomic mass is 19.1. The fourth-order valence-electron chi connectivity index (χ4n) is 3.22. The van der Waals surface area contributed by atoms with Gasteiger partial charge in [-0.25, -0.2) is 14.2 Å². The number of benzene rings is 1. The van der Waals surface area contributed by atoms with E-state index in [0.717, 1.165) is 24.0 Å². The topological polar surface area (TPSA) is 95.4 Å². The Labute approximate surface area is 185 Å². The maximum Gasteiger partial charge on any atom is 0.339 e. The number of carbonyl (C=O) groups is 2. The zero-order chi connectivity index (χ0) is 22.9. The number of carboxylic acid groups (broad SMARTS) is 1. The van der Waals surface area contributed by atoms with Gasteiger partial charge in [-0.05, 0) is 41.8 Å². The Bertz CT molecular complexity index is 1060. The molecule has 0 aliphatic carbocycles. The summed E-state index contributed by atoms with van der Waals surface area (Å²) >= 11 is 0. The molecule has 0 fully saturated rings. The Morgan fingerprint density at radius 2 is 1.84 bits per heavy atom. The van der Waals surface area contributed by atoms with E-state index >= 15 is 0 Å². The molecular weight excluding hydrogens is 411 g/mol. The SMILES string of the molecule is CCCCC(=O)Nc1cnc(N(Cc2ccc(F)cc2)Cc2cccnc2)c(C(=O)O)c1. The fourth-order valence-corrected chi connectivity index (χ4v) is 3.22. The number of unbranched alkanes of at least 4 members (excludes halogenated alkanes) is 1. The van der Waals surface area contributed by atoms with Gasteiger partial charge in [0.25, 0.3) is 0 Å². The van der Waals surface area contributed by atoms with Gasteiger partial charge < -0.3 is 15.3 Å². The van der Waals surface area contributed by atoms with Crippen LogP contribution in [0.2, 0.25) is 0 Å². The first kappa shape index (κ1) is 22.9. The molecule has 1 aromatic carbocycles. The van der Waals surface area contributed by atoms with E-state index < -0.39 is 5.97 Å². The summed E-state index contributed by atoms with van der Waals surface area (Å²) in [5.74, 6) is -1.44. The Morgan fingerprint density at radius 3 is 2.50 bits per heavy atom. The lowest BCUT2D eigenvalue weighted by Gasteiger charge is -2.25. The van der Waals surface area contributed by atoms with Gasteiger partial charge in [-0.15, -0.1) is 0 Å². The van der Waals surface area contributed by atoms with Crippen molar-refractivity contribution in [3.63, 3.8) is 0 Å². The Kier molecular flexibility index (Phi) is 7.85. The van der Waals surface area contributed by atoms with Crippen LogP contribution in [0.3, 0.4) is 0 Å². The lowest BCUT2D eigenvalue weighted by molar-refractivity contribution is -0.116. The molecular formula is C24H25FN4O3. The van der Waals surface area contributed by atoms with Crippen LogP contribution in [0.25, 0.3) is 0 Å². The number of hydrogen-bond acceptors (Lipinski definition) is 5. The first-order valence-electron chi connectivity index (χ1n) is 10.4. The Balaban J connectivity index is 1.93. The van der Waals surface area contributed by atoms with Gasteiger partial charge in [-0.1, -0.05) is 31.5 Å². The molecule has 166 valence electrons. The molecule has 0 radical (unpaired) electrons. The molecule has 0 aliphatic heterocycles. The minimum Gasteiger partial charge on any atom is -0.478 e. The highest BCUT2D eigenvalue weighted by molar-refractivity contribution is 5.97. The molecule has 0 saturated carbocycles. The molecule has 32 heavy (non-hydrogen) atoms. The van der Waals surface area contributed by atoms with E-state index in [2.05, 4.69) is 15.3 Å². The number of aromatic nitrogens is 2. The molecule has 0 saturated heterocycles. The van der Waals surface area contributed by atoms with Gasteiger partial charge in [0.1, 0.15) is 17.2 Å². The molecule has 3 rings (SSSR count). The van der Waals surface area contributed by atoms with Crippen LogP contribution >= 0.6 is 0 Å². The van der Waals surface area contributed by atoms with Crippen molar-refractivity contribution in [1.29, 1.82) is 0 Å². The maximum atomic E-state index is 13.3. The number of anilines is 2. The standard InChI is InChI=1S/C24H25FN4O3/c1-2-3-6-22(30)28-20-12-21(24(31)32)23(27-14-20)29(16-18-5-4-11-26-13-18)15-17-7-9-19(25)10-8-17/h4-5,7-14H,2-3,6,15-16H2,1H3,(H,28,30)(H,31,32). The highest BCUT2D eigenvalue weighted by Crippen LogP contribution is 2.25. The minimum absolute atomic E-state index is 0.0377. The highest BCUT2D eigenvalue weighted by Gasteiger charge is 2.20. The average molecular weight is 436 g/mol. The van der Waals surface area contributed by atoms with Crippen LogP contribution in [-0.2, 0) is 17.9 Å². The number of nitrogens with zero attached hydrogens (tertiary/aromatic N) is 3. The summed E-state index contributed by atoms with van der Waals surface area (Å²) in [6.45, 7) is 2.65. The minimum atomic E-state index is -1.16. The summed E-state index contributed by atoms with van der Waals surface area (Å²) in [7, 11) is 0. The molecule has 0 bridgehead atoms. The molecule has 0 spiro atoms. The van der Waals surface area contributed by atoms with Gasteiger partial charge in [0, 0.05) is 31.9 Å². The number of carboxylic acids is 1. The molecule has 7 nitrogen and oxygen atoms in total. The second-order valence-electron chi connectivity index (χ2n) is 7.40. The van der Waals surface area contributed by atoms with Gasteiger partial charge in [0.05, 0.1) is 11.9 Å². The first-order chi connectivity index (χ1) is 15.5. The monoisotopic (exact) mass is 436 g/mol. The van der Waals surface area contributed by atoms with E-state index in [-0.39, 0.29) is 23.1 Å². The summed E-state index contributed by atoms with van der Waals surface area (Å²) in [6, 6.07) is 11.1. The van der Waals surface area contributed by atoms with Gasteiger partial charge in [-0.2, -0.15) is 0 Å². The maximum absolute atomic E-state index is 13.3. The average Bonchev–Trinajstić information content (AvgIpc) is 2.79. The number of rotatable bonds is 10. The van der Waals surface area contributed by atoms with Crippen molar-refractivity contribution in [1.82, 2.24) is 9.97 Å². The largest absolute Gasteiger partial charge is 0.478 e. The van der Waals surface area contributed by atoms with Crippen molar-refractivity contribution < 1.29 is 19.1 Å². The zero-order valence-electron chi connectivity index (χ0n) is 17.8. The van der Waals surface area contributed by atoms with Crippen LogP contribution < -0.4 is 10.2 Å². The quantitative estimate of drug-likeness (QED) is 0.480. The zero-order valence-corrected chi connectivity index (χ0v) is 17.8. The van der Waals surface area contributed by atoms with Crippen molar-refractivity contribution in [2.45, 2.75) is 39.3 Å². The molecule has 0 atom stereocenters. The van der Waals surface area contributed by atoms with Gasteiger partial charge in [0.15, 0.2) is 0 Å². The third-order valence-corrected chi connectivity index (χ3v) is 4.82. The molecule has 2 aromatic heterocycles. The van der Waals surface area contributed by atoms with Crippen LogP contribution in [0.15, 0.2) is 61.1 Å². The van der Waals surface area contributed by atoms with Gasteiger partial charge in [-0.3, -0.25) is 9.78 Å². The summed E-state index contributed by atoms with van der Waals surface area (Å²) in [6.07, 6.45) is 6.80. The van der Waals surface area contributed by atoms with Crippen LogP contribution in [-0.4, -0.2) is 27.0 Å². The van der Waals surface area contributed by atoms with E-state index in [1.165, 1.54) is 24.4 Å². The summed E-state index contributed by atoms with van der Waals surface area (Å²) in [5.41, 5.74) is 1.95. The summed E-state index contributed by atoms with van der Waals surface area (Å²) in [4.78, 5) is 34.4. The van der Waals surface area contributed by atoms with E-state index in [0.29, 0.717) is 25.2 Å². The molecule has 8 heteroatoms. The Morgan fingerprint density at radius 1 is 1.09 bits per heavy atom. The summed E-state index contributed by atoms with van der Waals surface area (Å²) < 4.78 is 13.3. The van der Waals surface area contributed by atoms with E-state index in [1.54, 1.807) is 35.5 Å². The molecule has 2 heterocycles. The lowest BCUT2D eigenvalue weighted by Crippen LogP contribution is -2.26. The van der Waals surface area contributed by atoms with E-state index in [1.807, 2.05) is 13.0 Å². The number of nitrogens with one attached hydrogen (secondary N) is 1. The molecule has 1 amide bonds. The van der Waals surface area contributed by atoms with E-state index in [9.17, 15) is 19.1 Å². The number of pyridine rings is 2. The second kappa shape index (κ2) is 11.0. The molecule has 0 aliphatic rings. The molecule has 0 unspecified atom stereocenters. The van der Waals surface area contributed by atoms with Crippen molar-refractivity contribution in [3.05, 3.63) is 83.6 Å². The van der Waals surface area contributed by atoms with Crippen molar-refractivity contribution in [2.75, 3.05) is 10.2 Å². The van der Waals surface area contributed by atoms with Crippen LogP contribution in [0.4, 0.5) is 15.9 Å². The van der Waals surface area contributed by atoms with Gasteiger partial charge >= 0.3 is 5.97 Å².